The number of rotatable bonds is 6. The van der Waals surface area contributed by atoms with Crippen molar-refractivity contribution in [3.8, 4) is 45.1 Å². The zero-order valence-corrected chi connectivity index (χ0v) is 25.1. The first kappa shape index (κ1) is 27.2. The molecule has 0 bridgehead atoms. The fourth-order valence-corrected chi connectivity index (χ4v) is 6.37. The Balaban J connectivity index is 1.21. The molecule has 0 atom stereocenters. The van der Waals surface area contributed by atoms with Crippen LogP contribution < -0.4 is 5.32 Å². The van der Waals surface area contributed by atoms with Crippen LogP contribution >= 0.6 is 0 Å². The molecule has 1 heterocycles. The SMILES string of the molecule is N#Cc1ccc(-c2cccc(Nc3ccc(-c4ccc5c(c4)c4ccccc4n5-c4ccccc4)cc3-c3ccccc3)c2)cc1. The summed E-state index contributed by atoms with van der Waals surface area (Å²) in [5.74, 6) is 0. The molecule has 216 valence electrons. The van der Waals surface area contributed by atoms with Gasteiger partial charge in [-0.2, -0.15) is 5.26 Å². The van der Waals surface area contributed by atoms with E-state index < -0.39 is 0 Å². The molecule has 8 aromatic rings. The summed E-state index contributed by atoms with van der Waals surface area (Å²) in [4.78, 5) is 0. The highest BCUT2D eigenvalue weighted by atomic mass is 15.0. The lowest BCUT2D eigenvalue weighted by molar-refractivity contribution is 1.18. The number of aromatic nitrogens is 1. The van der Waals surface area contributed by atoms with Crippen molar-refractivity contribution in [2.24, 2.45) is 0 Å². The van der Waals surface area contributed by atoms with Crippen molar-refractivity contribution in [1.29, 1.82) is 5.26 Å². The Bertz CT molecular complexity index is 2380. The number of para-hydroxylation sites is 2. The van der Waals surface area contributed by atoms with Crippen LogP contribution in [0.1, 0.15) is 5.56 Å². The fourth-order valence-electron chi connectivity index (χ4n) is 6.37. The molecule has 0 saturated heterocycles. The molecule has 3 heteroatoms. The van der Waals surface area contributed by atoms with Gasteiger partial charge in [-0.05, 0) is 94.5 Å². The molecule has 0 aliphatic carbocycles. The summed E-state index contributed by atoms with van der Waals surface area (Å²) >= 11 is 0. The molecule has 0 radical (unpaired) electrons. The Morgan fingerprint density at radius 3 is 1.89 bits per heavy atom. The number of hydrogen-bond acceptors (Lipinski definition) is 2. The molecule has 0 amide bonds. The lowest BCUT2D eigenvalue weighted by Crippen LogP contribution is -1.95. The summed E-state index contributed by atoms with van der Waals surface area (Å²) in [5.41, 5.74) is 13.0. The zero-order valence-electron chi connectivity index (χ0n) is 25.1. The zero-order chi connectivity index (χ0) is 30.9. The predicted octanol–water partition coefficient (Wildman–Crippen LogP) is 11.4. The van der Waals surface area contributed by atoms with E-state index in [2.05, 4.69) is 162 Å². The van der Waals surface area contributed by atoms with Crippen LogP contribution in [0.2, 0.25) is 0 Å². The normalized spacial score (nSPS) is 11.0. The monoisotopic (exact) mass is 587 g/mol. The summed E-state index contributed by atoms with van der Waals surface area (Å²) in [6, 6.07) is 61.6. The van der Waals surface area contributed by atoms with Gasteiger partial charge in [0, 0.05) is 33.4 Å². The highest BCUT2D eigenvalue weighted by Crippen LogP contribution is 2.38. The first-order chi connectivity index (χ1) is 22.7. The maximum absolute atomic E-state index is 9.19. The van der Waals surface area contributed by atoms with E-state index in [0.717, 1.165) is 44.9 Å². The van der Waals surface area contributed by atoms with E-state index >= 15 is 0 Å². The number of nitrogens with zero attached hydrogens (tertiary/aromatic N) is 2. The van der Waals surface area contributed by atoms with E-state index in [4.69, 9.17) is 0 Å². The molecule has 0 aliphatic heterocycles. The van der Waals surface area contributed by atoms with Gasteiger partial charge in [0.05, 0.1) is 22.7 Å². The van der Waals surface area contributed by atoms with Crippen molar-refractivity contribution < 1.29 is 0 Å². The summed E-state index contributed by atoms with van der Waals surface area (Å²) in [6.07, 6.45) is 0. The average Bonchev–Trinajstić information content (AvgIpc) is 3.46. The Hall–Kier alpha value is -6.37. The molecular weight excluding hydrogens is 558 g/mol. The fraction of sp³-hybridized carbons (Fsp3) is 0. The second-order valence-corrected chi connectivity index (χ2v) is 11.4. The molecule has 0 aliphatic rings. The summed E-state index contributed by atoms with van der Waals surface area (Å²) in [5, 5.41) is 15.4. The second kappa shape index (κ2) is 11.6. The topological polar surface area (TPSA) is 40.8 Å². The molecule has 7 aromatic carbocycles. The van der Waals surface area contributed by atoms with Crippen molar-refractivity contribution >= 4 is 33.2 Å². The van der Waals surface area contributed by atoms with E-state index in [-0.39, 0.29) is 0 Å². The van der Waals surface area contributed by atoms with Crippen molar-refractivity contribution in [3.63, 3.8) is 0 Å². The molecule has 0 saturated carbocycles. The van der Waals surface area contributed by atoms with E-state index in [9.17, 15) is 5.26 Å². The number of anilines is 2. The number of hydrogen-bond donors (Lipinski definition) is 1. The van der Waals surface area contributed by atoms with Gasteiger partial charge in [-0.15, -0.1) is 0 Å². The minimum Gasteiger partial charge on any atom is -0.355 e. The van der Waals surface area contributed by atoms with Crippen LogP contribution in [0.5, 0.6) is 0 Å². The number of benzene rings is 7. The van der Waals surface area contributed by atoms with Gasteiger partial charge in [0.2, 0.25) is 0 Å². The maximum atomic E-state index is 9.19. The first-order valence-corrected chi connectivity index (χ1v) is 15.4. The Labute approximate surface area is 268 Å². The van der Waals surface area contributed by atoms with Gasteiger partial charge in [0.15, 0.2) is 0 Å². The lowest BCUT2D eigenvalue weighted by Gasteiger charge is -2.16. The third-order valence-corrected chi connectivity index (χ3v) is 8.61. The molecule has 1 aromatic heterocycles. The van der Waals surface area contributed by atoms with Crippen LogP contribution in [-0.4, -0.2) is 4.57 Å². The number of nitrogens with one attached hydrogen (secondary N) is 1. The molecule has 1 N–H and O–H groups in total. The third-order valence-electron chi connectivity index (χ3n) is 8.61. The minimum atomic E-state index is 0.659. The highest BCUT2D eigenvalue weighted by molar-refractivity contribution is 6.10. The summed E-state index contributed by atoms with van der Waals surface area (Å²) < 4.78 is 2.35. The summed E-state index contributed by atoms with van der Waals surface area (Å²) in [7, 11) is 0. The molecule has 8 rings (SSSR count). The quantitative estimate of drug-likeness (QED) is 0.210. The Morgan fingerprint density at radius 2 is 1.09 bits per heavy atom. The Kier molecular flexibility index (Phi) is 6.87. The Morgan fingerprint density at radius 1 is 0.457 bits per heavy atom. The molecular formula is C43H29N3. The smallest absolute Gasteiger partial charge is 0.0991 e. The van der Waals surface area contributed by atoms with Crippen LogP contribution in [0.15, 0.2) is 170 Å². The predicted molar refractivity (Wildman–Crippen MR) is 192 cm³/mol. The van der Waals surface area contributed by atoms with Gasteiger partial charge >= 0.3 is 0 Å². The lowest BCUT2D eigenvalue weighted by atomic mass is 9.96. The second-order valence-electron chi connectivity index (χ2n) is 11.4. The van der Waals surface area contributed by atoms with Crippen LogP contribution in [0, 0.1) is 11.3 Å². The largest absolute Gasteiger partial charge is 0.355 e. The number of fused-ring (bicyclic) bond motifs is 3. The third kappa shape index (κ3) is 4.99. The first-order valence-electron chi connectivity index (χ1n) is 15.4. The summed E-state index contributed by atoms with van der Waals surface area (Å²) in [6.45, 7) is 0. The van der Waals surface area contributed by atoms with Crippen molar-refractivity contribution in [3.05, 3.63) is 175 Å². The van der Waals surface area contributed by atoms with Crippen LogP contribution in [0.3, 0.4) is 0 Å². The molecule has 0 spiro atoms. The van der Waals surface area contributed by atoms with Gasteiger partial charge in [-0.3, -0.25) is 0 Å². The standard InChI is InChI=1S/C43H29N3/c44-29-30-18-20-31(21-19-30)33-12-9-13-36(26-33)45-41-24-22-34(27-39(41)32-10-3-1-4-11-32)35-23-25-43-40(28-35)38-16-7-8-17-42(38)46(43)37-14-5-2-6-15-37/h1-28,45H. The van der Waals surface area contributed by atoms with E-state index in [1.165, 1.54) is 27.4 Å². The number of nitriles is 1. The molecule has 46 heavy (non-hydrogen) atoms. The van der Waals surface area contributed by atoms with Gasteiger partial charge in [0.1, 0.15) is 0 Å². The highest BCUT2D eigenvalue weighted by Gasteiger charge is 2.14. The van der Waals surface area contributed by atoms with Crippen LogP contribution in [0.25, 0.3) is 60.9 Å². The van der Waals surface area contributed by atoms with Gasteiger partial charge < -0.3 is 9.88 Å². The molecule has 3 nitrogen and oxygen atoms in total. The van der Waals surface area contributed by atoms with Gasteiger partial charge in [-0.1, -0.05) is 103 Å². The van der Waals surface area contributed by atoms with Crippen LogP contribution in [-0.2, 0) is 0 Å². The van der Waals surface area contributed by atoms with Gasteiger partial charge in [-0.25, -0.2) is 0 Å². The van der Waals surface area contributed by atoms with E-state index in [1.807, 2.05) is 24.3 Å². The van der Waals surface area contributed by atoms with Crippen LogP contribution in [0.4, 0.5) is 11.4 Å². The molecule has 0 fully saturated rings. The van der Waals surface area contributed by atoms with E-state index in [0.29, 0.717) is 5.56 Å². The van der Waals surface area contributed by atoms with Gasteiger partial charge in [0.25, 0.3) is 0 Å². The van der Waals surface area contributed by atoms with E-state index in [1.54, 1.807) is 0 Å². The average molecular weight is 588 g/mol. The van der Waals surface area contributed by atoms with Crippen molar-refractivity contribution in [2.75, 3.05) is 5.32 Å². The maximum Gasteiger partial charge on any atom is 0.0991 e. The van der Waals surface area contributed by atoms with Crippen molar-refractivity contribution in [2.45, 2.75) is 0 Å². The minimum absolute atomic E-state index is 0.659. The van der Waals surface area contributed by atoms with Crippen molar-refractivity contribution in [1.82, 2.24) is 4.57 Å². The molecule has 0 unspecified atom stereocenters.